The number of aromatic nitrogens is 5. The Morgan fingerprint density at radius 2 is 1.71 bits per heavy atom. The molecular weight excluding hydrogens is 745 g/mol. The van der Waals surface area contributed by atoms with Crippen LogP contribution in [-0.2, 0) is 32.5 Å². The molecule has 16 heteroatoms. The molecule has 1 amide bonds. The quantitative estimate of drug-likeness (QED) is 0.182. The van der Waals surface area contributed by atoms with Gasteiger partial charge in [0.2, 0.25) is 21.8 Å². The minimum atomic E-state index is -3.86. The molecule has 2 fully saturated rings. The summed E-state index contributed by atoms with van der Waals surface area (Å²) < 4.78 is 70.9. The van der Waals surface area contributed by atoms with E-state index in [1.165, 1.54) is 44.9 Å². The lowest BCUT2D eigenvalue weighted by molar-refractivity contribution is -0.122. The Labute approximate surface area is 320 Å². The summed E-state index contributed by atoms with van der Waals surface area (Å²) in [6.07, 6.45) is 3.63. The average molecular weight is 782 g/mol. The van der Waals surface area contributed by atoms with E-state index in [4.69, 9.17) is 14.5 Å². The normalized spacial score (nSPS) is 15.5. The summed E-state index contributed by atoms with van der Waals surface area (Å²) in [4.78, 5) is 37.9. The van der Waals surface area contributed by atoms with Crippen molar-refractivity contribution < 1.29 is 31.5 Å². The largest absolute Gasteiger partial charge is 0.481 e. The first kappa shape index (κ1) is 37.1. The van der Waals surface area contributed by atoms with E-state index < -0.39 is 39.2 Å². The van der Waals surface area contributed by atoms with Crippen LogP contribution in [0.4, 0.5) is 8.78 Å². The van der Waals surface area contributed by atoms with Gasteiger partial charge < -0.3 is 14.8 Å². The van der Waals surface area contributed by atoms with Crippen LogP contribution in [0, 0.1) is 11.6 Å². The van der Waals surface area contributed by atoms with Gasteiger partial charge in [-0.25, -0.2) is 27.2 Å². The highest BCUT2D eigenvalue weighted by Crippen LogP contribution is 2.38. The number of amides is 1. The second-order valence-electron chi connectivity index (χ2n) is 13.7. The van der Waals surface area contributed by atoms with Gasteiger partial charge in [-0.15, -0.1) is 0 Å². The van der Waals surface area contributed by atoms with E-state index in [1.54, 1.807) is 42.6 Å². The monoisotopic (exact) mass is 781 g/mol. The summed E-state index contributed by atoms with van der Waals surface area (Å²) in [6.45, 7) is 0.798. The molecule has 0 radical (unpaired) electrons. The molecule has 6 aromatic rings. The van der Waals surface area contributed by atoms with Crippen molar-refractivity contribution in [3.8, 4) is 22.8 Å². The maximum atomic E-state index is 14.6. The molecule has 3 aromatic carbocycles. The number of hydrogen-bond donors (Lipinski definition) is 1. The fourth-order valence-corrected chi connectivity index (χ4v) is 8.27. The molecule has 56 heavy (non-hydrogen) atoms. The fraction of sp³-hybridized carbons (Fsp3) is 0.275. The number of fused-ring (bicyclic) bond motifs is 1. The van der Waals surface area contributed by atoms with E-state index in [-0.39, 0.29) is 72.1 Å². The number of ether oxygens (including phenoxy) is 2. The maximum absolute atomic E-state index is 14.6. The van der Waals surface area contributed by atoms with Gasteiger partial charge >= 0.3 is 0 Å². The average Bonchev–Trinajstić information content (AvgIpc) is 3.95. The van der Waals surface area contributed by atoms with Gasteiger partial charge in [-0.05, 0) is 79.1 Å². The molecule has 1 saturated carbocycles. The van der Waals surface area contributed by atoms with E-state index in [1.807, 2.05) is 6.07 Å². The lowest BCUT2D eigenvalue weighted by Gasteiger charge is -2.26. The predicted molar refractivity (Wildman–Crippen MR) is 202 cm³/mol. The zero-order chi connectivity index (χ0) is 39.0. The third kappa shape index (κ3) is 7.80. The fourth-order valence-electron chi connectivity index (χ4n) is 6.86. The second kappa shape index (κ2) is 15.4. The summed E-state index contributed by atoms with van der Waals surface area (Å²) >= 11 is 0. The summed E-state index contributed by atoms with van der Waals surface area (Å²) in [5.74, 6) is -1.31. The van der Waals surface area contributed by atoms with Gasteiger partial charge in [0.1, 0.15) is 24.0 Å². The van der Waals surface area contributed by atoms with Crippen molar-refractivity contribution in [2.75, 3.05) is 33.4 Å². The predicted octanol–water partition coefficient (Wildman–Crippen LogP) is 4.93. The number of halogens is 2. The zero-order valence-electron chi connectivity index (χ0n) is 30.3. The first-order valence-electron chi connectivity index (χ1n) is 18.1. The highest BCUT2D eigenvalue weighted by Gasteiger charge is 2.29. The van der Waals surface area contributed by atoms with E-state index in [0.29, 0.717) is 23.1 Å². The lowest BCUT2D eigenvalue weighted by Crippen LogP contribution is -2.40. The summed E-state index contributed by atoms with van der Waals surface area (Å²) in [5.41, 5.74) is 2.28. The molecule has 1 aliphatic heterocycles. The third-order valence-corrected chi connectivity index (χ3v) is 11.7. The number of rotatable bonds is 12. The van der Waals surface area contributed by atoms with E-state index in [9.17, 15) is 26.8 Å². The van der Waals surface area contributed by atoms with Crippen molar-refractivity contribution in [1.29, 1.82) is 0 Å². The zero-order valence-corrected chi connectivity index (χ0v) is 31.1. The van der Waals surface area contributed by atoms with Crippen LogP contribution in [0.3, 0.4) is 0 Å². The SMILES string of the molecule is COc1cccc(-c2ccc3c(=O)n(-c4ccc(S(=O)(=O)N5CCOCC5)cc4)c([C@H](Cc4cc(F)cc(F)c4)NC(=O)Cn4ccc(C5CC5)n4)nc3c2)n1. The van der Waals surface area contributed by atoms with Crippen molar-refractivity contribution >= 4 is 26.8 Å². The number of nitrogens with zero attached hydrogens (tertiary/aromatic N) is 6. The summed E-state index contributed by atoms with van der Waals surface area (Å²) in [5, 5.41) is 7.72. The van der Waals surface area contributed by atoms with Crippen molar-refractivity contribution in [2.24, 2.45) is 0 Å². The highest BCUT2D eigenvalue weighted by atomic mass is 32.2. The smallest absolute Gasteiger partial charge is 0.266 e. The minimum Gasteiger partial charge on any atom is -0.481 e. The first-order chi connectivity index (χ1) is 27.0. The van der Waals surface area contributed by atoms with E-state index in [2.05, 4.69) is 15.4 Å². The number of pyridine rings is 1. The molecule has 8 rings (SSSR count). The van der Waals surface area contributed by atoms with Crippen LogP contribution >= 0.6 is 0 Å². The summed E-state index contributed by atoms with van der Waals surface area (Å²) in [6, 6.07) is 19.9. The third-order valence-electron chi connectivity index (χ3n) is 9.80. The topological polar surface area (TPSA) is 151 Å². The number of nitrogens with one attached hydrogen (secondary N) is 1. The Kier molecular flexibility index (Phi) is 10.2. The van der Waals surface area contributed by atoms with Gasteiger partial charge in [0.05, 0.1) is 59.2 Å². The van der Waals surface area contributed by atoms with Gasteiger partial charge in [0.15, 0.2) is 0 Å². The van der Waals surface area contributed by atoms with Crippen molar-refractivity contribution in [3.63, 3.8) is 0 Å². The maximum Gasteiger partial charge on any atom is 0.266 e. The Morgan fingerprint density at radius 1 is 0.964 bits per heavy atom. The Balaban J connectivity index is 1.26. The minimum absolute atomic E-state index is 0.0202. The summed E-state index contributed by atoms with van der Waals surface area (Å²) in [7, 11) is -2.36. The molecule has 2 aliphatic rings. The Morgan fingerprint density at radius 3 is 2.43 bits per heavy atom. The van der Waals surface area contributed by atoms with Crippen molar-refractivity contribution in [2.45, 2.75) is 42.7 Å². The number of sulfonamides is 1. The van der Waals surface area contributed by atoms with Gasteiger partial charge in [-0.3, -0.25) is 18.8 Å². The second-order valence-corrected chi connectivity index (χ2v) is 15.7. The van der Waals surface area contributed by atoms with Crippen LogP contribution in [0.15, 0.2) is 101 Å². The molecule has 0 spiro atoms. The van der Waals surface area contributed by atoms with Crippen LogP contribution in [0.2, 0.25) is 0 Å². The Hall–Kier alpha value is -5.84. The molecule has 1 saturated heterocycles. The number of morpholine rings is 1. The van der Waals surface area contributed by atoms with Crippen LogP contribution < -0.4 is 15.6 Å². The first-order valence-corrected chi connectivity index (χ1v) is 19.5. The number of hydrogen-bond acceptors (Lipinski definition) is 9. The van der Waals surface area contributed by atoms with Crippen molar-refractivity contribution in [1.82, 2.24) is 33.9 Å². The molecule has 13 nitrogen and oxygen atoms in total. The van der Waals surface area contributed by atoms with Gasteiger partial charge in [-0.2, -0.15) is 9.40 Å². The lowest BCUT2D eigenvalue weighted by atomic mass is 10.0. The van der Waals surface area contributed by atoms with Gasteiger partial charge in [0, 0.05) is 49.3 Å². The molecule has 0 bridgehead atoms. The van der Waals surface area contributed by atoms with Gasteiger partial charge in [-0.1, -0.05) is 12.1 Å². The number of methoxy groups -OCH3 is 1. The standard InChI is InChI=1S/C40H37F2N7O6S/c1-54-38-4-2-3-33(44-38)27-7-12-32-35(22-27)45-39(49(40(32)51)30-8-10-31(11-9-30)56(52,53)48-15-17-55-18-16-48)36(21-25-19-28(41)23-29(42)20-25)43-37(50)24-47-14-13-34(46-47)26-5-6-26/h2-4,7-14,19-20,22-23,26,36H,5-6,15-18,21,24H2,1H3,(H,43,50)/t36-/m0/s1. The van der Waals surface area contributed by atoms with Crippen molar-refractivity contribution in [3.05, 3.63) is 130 Å². The van der Waals surface area contributed by atoms with Crippen LogP contribution in [-0.4, -0.2) is 76.4 Å². The molecule has 288 valence electrons. The van der Waals surface area contributed by atoms with Crippen LogP contribution in [0.5, 0.6) is 5.88 Å². The number of carbonyl (C=O) groups is 1. The Bertz CT molecular complexity index is 2580. The molecule has 1 aliphatic carbocycles. The van der Waals surface area contributed by atoms with Crippen LogP contribution in [0.25, 0.3) is 27.8 Å². The number of carbonyl (C=O) groups excluding carboxylic acids is 1. The molecule has 3 aromatic heterocycles. The molecule has 4 heterocycles. The highest BCUT2D eigenvalue weighted by molar-refractivity contribution is 7.89. The number of benzene rings is 3. The molecule has 0 unspecified atom stereocenters. The van der Waals surface area contributed by atoms with E-state index >= 15 is 0 Å². The molecular formula is C40H37F2N7O6S. The van der Waals surface area contributed by atoms with Crippen LogP contribution in [0.1, 0.15) is 41.9 Å². The molecule has 1 atom stereocenters. The molecule has 1 N–H and O–H groups in total. The van der Waals surface area contributed by atoms with Gasteiger partial charge in [0.25, 0.3) is 5.56 Å². The van der Waals surface area contributed by atoms with E-state index in [0.717, 1.165) is 36.7 Å².